The predicted molar refractivity (Wildman–Crippen MR) is 109 cm³/mol. The van der Waals surface area contributed by atoms with Gasteiger partial charge in [-0.15, -0.1) is 0 Å². The zero-order valence-electron chi connectivity index (χ0n) is 15.9. The molecule has 1 unspecified atom stereocenters. The quantitative estimate of drug-likeness (QED) is 0.477. The van der Waals surface area contributed by atoms with Crippen molar-refractivity contribution in [3.63, 3.8) is 0 Å². The summed E-state index contributed by atoms with van der Waals surface area (Å²) in [5, 5.41) is 9.48. The van der Waals surface area contributed by atoms with E-state index in [0.29, 0.717) is 23.6 Å². The molecule has 1 amide bonds. The number of nitrogens with one attached hydrogen (secondary N) is 3. The van der Waals surface area contributed by atoms with Crippen molar-refractivity contribution in [2.45, 2.75) is 38.0 Å². The fourth-order valence-electron chi connectivity index (χ4n) is 2.80. The SMILES string of the molecule is CCNC(=O)COc1cccc(CNC(=NC)NCC2(C)CCCS2)c1. The van der Waals surface area contributed by atoms with E-state index in [0.717, 1.165) is 18.1 Å². The van der Waals surface area contributed by atoms with Crippen molar-refractivity contribution in [3.05, 3.63) is 29.8 Å². The lowest BCUT2D eigenvalue weighted by molar-refractivity contribution is -0.122. The van der Waals surface area contributed by atoms with Gasteiger partial charge in [0, 0.05) is 31.4 Å². The number of guanidine groups is 1. The highest BCUT2D eigenvalue weighted by atomic mass is 32.2. The second kappa shape index (κ2) is 10.3. The van der Waals surface area contributed by atoms with Crippen LogP contribution in [0.1, 0.15) is 32.3 Å². The van der Waals surface area contributed by atoms with Crippen LogP contribution in [0.3, 0.4) is 0 Å². The standard InChI is InChI=1S/C19H30N4O2S/c1-4-21-17(24)13-25-16-8-5-7-15(11-16)12-22-18(20-3)23-14-19(2)9-6-10-26-19/h5,7-8,11H,4,6,9-10,12-14H2,1-3H3,(H,21,24)(H2,20,22,23). The van der Waals surface area contributed by atoms with Crippen LogP contribution in [-0.4, -0.2) is 49.1 Å². The smallest absolute Gasteiger partial charge is 0.257 e. The summed E-state index contributed by atoms with van der Waals surface area (Å²) in [5.41, 5.74) is 1.07. The van der Waals surface area contributed by atoms with Gasteiger partial charge in [0.1, 0.15) is 5.75 Å². The first-order valence-electron chi connectivity index (χ1n) is 9.11. The van der Waals surface area contributed by atoms with Crippen LogP contribution in [0.5, 0.6) is 5.75 Å². The van der Waals surface area contributed by atoms with E-state index in [2.05, 4.69) is 27.9 Å². The van der Waals surface area contributed by atoms with Crippen LogP contribution < -0.4 is 20.7 Å². The third kappa shape index (κ3) is 6.78. The minimum Gasteiger partial charge on any atom is -0.484 e. The van der Waals surface area contributed by atoms with Crippen molar-refractivity contribution in [2.24, 2.45) is 4.99 Å². The molecule has 1 aromatic carbocycles. The molecule has 0 spiro atoms. The number of ether oxygens (including phenoxy) is 1. The number of amides is 1. The molecular formula is C19H30N4O2S. The molecule has 1 aromatic rings. The van der Waals surface area contributed by atoms with Crippen molar-refractivity contribution in [2.75, 3.05) is 32.5 Å². The average molecular weight is 379 g/mol. The molecule has 1 fully saturated rings. The lowest BCUT2D eigenvalue weighted by Gasteiger charge is -2.24. The first kappa shape index (κ1) is 20.4. The maximum Gasteiger partial charge on any atom is 0.257 e. The summed E-state index contributed by atoms with van der Waals surface area (Å²) in [5.74, 6) is 2.62. The molecule has 0 saturated carbocycles. The van der Waals surface area contributed by atoms with E-state index in [1.807, 2.05) is 43.0 Å². The first-order valence-corrected chi connectivity index (χ1v) is 10.1. The molecule has 0 bridgehead atoms. The van der Waals surface area contributed by atoms with Crippen LogP contribution in [0.2, 0.25) is 0 Å². The Morgan fingerprint density at radius 3 is 2.88 bits per heavy atom. The average Bonchev–Trinajstić information content (AvgIpc) is 3.07. The Labute approximate surface area is 160 Å². The molecule has 3 N–H and O–H groups in total. The number of carbonyl (C=O) groups excluding carboxylic acids is 1. The topological polar surface area (TPSA) is 74.8 Å². The Hall–Kier alpha value is -1.89. The molecule has 2 rings (SSSR count). The predicted octanol–water partition coefficient (Wildman–Crippen LogP) is 2.15. The van der Waals surface area contributed by atoms with Gasteiger partial charge in [0.15, 0.2) is 12.6 Å². The third-order valence-corrected chi connectivity index (χ3v) is 5.79. The monoisotopic (exact) mass is 378 g/mol. The molecule has 6 nitrogen and oxygen atoms in total. The highest BCUT2D eigenvalue weighted by Gasteiger charge is 2.29. The fourth-order valence-corrected chi connectivity index (χ4v) is 4.04. The van der Waals surface area contributed by atoms with Crippen LogP contribution in [0.15, 0.2) is 29.3 Å². The summed E-state index contributed by atoms with van der Waals surface area (Å²) in [6, 6.07) is 7.74. The largest absolute Gasteiger partial charge is 0.484 e. The summed E-state index contributed by atoms with van der Waals surface area (Å²) in [7, 11) is 1.78. The maximum atomic E-state index is 11.5. The van der Waals surface area contributed by atoms with Gasteiger partial charge in [-0.25, -0.2) is 0 Å². The molecule has 1 aliphatic rings. The number of carbonyl (C=O) groups is 1. The minimum atomic E-state index is -0.112. The Bertz CT molecular complexity index is 615. The van der Waals surface area contributed by atoms with Crippen molar-refractivity contribution < 1.29 is 9.53 Å². The summed E-state index contributed by atoms with van der Waals surface area (Å²) >= 11 is 2.03. The summed E-state index contributed by atoms with van der Waals surface area (Å²) in [6.07, 6.45) is 2.53. The maximum absolute atomic E-state index is 11.5. The van der Waals surface area contributed by atoms with Gasteiger partial charge in [-0.1, -0.05) is 12.1 Å². The Morgan fingerprint density at radius 1 is 1.35 bits per heavy atom. The Morgan fingerprint density at radius 2 is 2.19 bits per heavy atom. The van der Waals surface area contributed by atoms with Crippen molar-refractivity contribution in [1.82, 2.24) is 16.0 Å². The number of aliphatic imine (C=N–C) groups is 1. The molecule has 0 radical (unpaired) electrons. The number of rotatable bonds is 8. The van der Waals surface area contributed by atoms with Crippen molar-refractivity contribution >= 4 is 23.6 Å². The van der Waals surface area contributed by atoms with Gasteiger partial charge in [0.2, 0.25) is 0 Å². The molecule has 1 atom stereocenters. The zero-order valence-corrected chi connectivity index (χ0v) is 16.7. The van der Waals surface area contributed by atoms with Gasteiger partial charge in [-0.05, 0) is 50.1 Å². The lowest BCUT2D eigenvalue weighted by Crippen LogP contribution is -2.43. The molecule has 0 aliphatic carbocycles. The van der Waals surface area contributed by atoms with Crippen LogP contribution in [-0.2, 0) is 11.3 Å². The van der Waals surface area contributed by atoms with Crippen molar-refractivity contribution in [1.29, 1.82) is 0 Å². The minimum absolute atomic E-state index is 0.0319. The molecule has 1 heterocycles. The Balaban J connectivity index is 1.80. The fraction of sp³-hybridized carbons (Fsp3) is 0.579. The van der Waals surface area contributed by atoms with E-state index < -0.39 is 0 Å². The number of nitrogens with zero attached hydrogens (tertiary/aromatic N) is 1. The molecule has 1 saturated heterocycles. The van der Waals surface area contributed by atoms with E-state index in [9.17, 15) is 4.79 Å². The summed E-state index contributed by atoms with van der Waals surface area (Å²) < 4.78 is 5.83. The first-order chi connectivity index (χ1) is 12.5. The summed E-state index contributed by atoms with van der Waals surface area (Å²) in [4.78, 5) is 15.8. The third-order valence-electron chi connectivity index (χ3n) is 4.26. The van der Waals surface area contributed by atoms with E-state index >= 15 is 0 Å². The van der Waals surface area contributed by atoms with E-state index in [1.165, 1.54) is 18.6 Å². The zero-order chi connectivity index (χ0) is 18.8. The second-order valence-corrected chi connectivity index (χ2v) is 8.25. The van der Waals surface area contributed by atoms with Crippen LogP contribution in [0, 0.1) is 0 Å². The van der Waals surface area contributed by atoms with E-state index in [-0.39, 0.29) is 12.5 Å². The number of hydrogen-bond acceptors (Lipinski definition) is 4. The van der Waals surface area contributed by atoms with Gasteiger partial charge >= 0.3 is 0 Å². The number of benzene rings is 1. The van der Waals surface area contributed by atoms with Crippen LogP contribution in [0.25, 0.3) is 0 Å². The molecule has 7 heteroatoms. The Kier molecular flexibility index (Phi) is 8.09. The van der Waals surface area contributed by atoms with Gasteiger partial charge in [0.25, 0.3) is 5.91 Å². The molecule has 0 aromatic heterocycles. The highest BCUT2D eigenvalue weighted by molar-refractivity contribution is 8.00. The lowest BCUT2D eigenvalue weighted by atomic mass is 10.1. The molecule has 26 heavy (non-hydrogen) atoms. The normalized spacial score (nSPS) is 19.9. The van der Waals surface area contributed by atoms with Gasteiger partial charge in [0.05, 0.1) is 0 Å². The van der Waals surface area contributed by atoms with Gasteiger partial charge in [-0.3, -0.25) is 9.79 Å². The number of hydrogen-bond donors (Lipinski definition) is 3. The molecule has 144 valence electrons. The van der Waals surface area contributed by atoms with Crippen LogP contribution >= 0.6 is 11.8 Å². The van der Waals surface area contributed by atoms with Gasteiger partial charge < -0.3 is 20.7 Å². The number of thioether (sulfide) groups is 1. The number of likely N-dealkylation sites (N-methyl/N-ethyl adjacent to an activating group) is 1. The van der Waals surface area contributed by atoms with Gasteiger partial charge in [-0.2, -0.15) is 11.8 Å². The highest BCUT2D eigenvalue weighted by Crippen LogP contribution is 2.36. The second-order valence-electron chi connectivity index (χ2n) is 6.57. The molecular weight excluding hydrogens is 348 g/mol. The van der Waals surface area contributed by atoms with Crippen molar-refractivity contribution in [3.8, 4) is 5.75 Å². The van der Waals surface area contributed by atoms with E-state index in [1.54, 1.807) is 7.05 Å². The van der Waals surface area contributed by atoms with E-state index in [4.69, 9.17) is 4.74 Å². The van der Waals surface area contributed by atoms with Crippen LogP contribution in [0.4, 0.5) is 0 Å². The summed E-state index contributed by atoms with van der Waals surface area (Å²) in [6.45, 7) is 6.38. The molecule has 1 aliphatic heterocycles.